The van der Waals surface area contributed by atoms with E-state index in [2.05, 4.69) is 71.9 Å². The van der Waals surface area contributed by atoms with Crippen LogP contribution in [0.3, 0.4) is 0 Å². The van der Waals surface area contributed by atoms with Gasteiger partial charge in [-0.2, -0.15) is 0 Å². The molecule has 0 aliphatic heterocycles. The molecule has 0 amide bonds. The molecule has 0 radical (unpaired) electrons. The van der Waals surface area contributed by atoms with Gasteiger partial charge in [-0.3, -0.25) is 0 Å². The third kappa shape index (κ3) is 2.85. The molecule has 0 atom stereocenters. The van der Waals surface area contributed by atoms with Crippen molar-refractivity contribution in [2.75, 3.05) is 0 Å². The third-order valence-electron chi connectivity index (χ3n) is 4.68. The van der Waals surface area contributed by atoms with Crippen LogP contribution in [-0.4, -0.2) is 23.2 Å². The molecule has 1 heterocycles. The molecule has 124 valence electrons. The number of hydrogen-bond acceptors (Lipinski definition) is 2. The van der Waals surface area contributed by atoms with E-state index >= 15 is 0 Å². The average molecular weight is 387 g/mol. The first-order valence-electron chi connectivity index (χ1n) is 8.71. The first-order valence-corrected chi connectivity index (χ1v) is 16.1. The molecule has 0 bridgehead atoms. The van der Waals surface area contributed by atoms with Gasteiger partial charge in [-0.25, -0.2) is 0 Å². The predicted octanol–water partition coefficient (Wildman–Crippen LogP) is 5.30. The summed E-state index contributed by atoms with van der Waals surface area (Å²) < 4.78 is 1.51. The van der Waals surface area contributed by atoms with Crippen LogP contribution in [0.4, 0.5) is 0 Å². The second-order valence-corrected chi connectivity index (χ2v) is 18.2. The van der Waals surface area contributed by atoms with Gasteiger partial charge in [0.25, 0.3) is 0 Å². The van der Waals surface area contributed by atoms with E-state index in [1.54, 1.807) is 0 Å². The molecule has 0 aliphatic rings. The van der Waals surface area contributed by atoms with Crippen LogP contribution >= 0.6 is 0 Å². The summed E-state index contributed by atoms with van der Waals surface area (Å²) in [6.45, 7) is 1.99. The molecule has 3 heteroatoms. The zero-order valence-corrected chi connectivity index (χ0v) is 17.3. The zero-order chi connectivity index (χ0) is 17.6. The monoisotopic (exact) mass is 388 g/mol. The van der Waals surface area contributed by atoms with Crippen LogP contribution in [0.15, 0.2) is 60.7 Å². The molecule has 3 aromatic carbocycles. The van der Waals surface area contributed by atoms with Gasteiger partial charge in [0.05, 0.1) is 0 Å². The molecule has 0 fully saturated rings. The van der Waals surface area contributed by atoms with Crippen molar-refractivity contribution >= 4 is 39.3 Å². The molecule has 0 unspecified atom stereocenters. The van der Waals surface area contributed by atoms with Crippen LogP contribution < -0.4 is 4.40 Å². The first-order chi connectivity index (χ1) is 11.9. The summed E-state index contributed by atoms with van der Waals surface area (Å²) in [5, 5.41) is 3.75. The summed E-state index contributed by atoms with van der Waals surface area (Å²) in [5.41, 5.74) is 3.27. The molecule has 4 aromatic rings. The number of aromatic nitrogens is 2. The Morgan fingerprint density at radius 2 is 1.52 bits per heavy atom. The third-order valence-corrected chi connectivity index (χ3v) is 8.94. The van der Waals surface area contributed by atoms with Crippen LogP contribution in [0, 0.1) is 6.92 Å². The van der Waals surface area contributed by atoms with Gasteiger partial charge in [0.2, 0.25) is 0 Å². The predicted molar refractivity (Wildman–Crippen MR) is 110 cm³/mol. The Morgan fingerprint density at radius 3 is 2.24 bits per heavy atom. The Labute approximate surface area is 151 Å². The summed E-state index contributed by atoms with van der Waals surface area (Å²) in [6, 6.07) is 21.5. The van der Waals surface area contributed by atoms with Gasteiger partial charge < -0.3 is 0 Å². The molecular formula is C22H22GeN2. The van der Waals surface area contributed by atoms with Crippen molar-refractivity contribution in [2.24, 2.45) is 0 Å². The Bertz CT molecular complexity index is 1080. The quantitative estimate of drug-likeness (QED) is 0.345. The van der Waals surface area contributed by atoms with Crippen molar-refractivity contribution in [2.45, 2.75) is 24.2 Å². The fourth-order valence-corrected chi connectivity index (χ4v) is 6.89. The molecule has 1 aromatic heterocycles. The molecule has 0 spiro atoms. The van der Waals surface area contributed by atoms with E-state index in [9.17, 15) is 0 Å². The van der Waals surface area contributed by atoms with Gasteiger partial charge in [0.1, 0.15) is 0 Å². The van der Waals surface area contributed by atoms with E-state index in [0.29, 0.717) is 0 Å². The Kier molecular flexibility index (Phi) is 3.88. The minimum absolute atomic E-state index is 0.829. The van der Waals surface area contributed by atoms with Crippen LogP contribution in [0.5, 0.6) is 0 Å². The summed E-state index contributed by atoms with van der Waals surface area (Å²) in [7, 11) is 0. The minimum atomic E-state index is -2.03. The van der Waals surface area contributed by atoms with E-state index in [1.807, 2.05) is 13.0 Å². The van der Waals surface area contributed by atoms with Gasteiger partial charge in [0, 0.05) is 0 Å². The Balaban J connectivity index is 2.18. The van der Waals surface area contributed by atoms with Crippen LogP contribution in [0.25, 0.3) is 32.9 Å². The zero-order valence-electron chi connectivity index (χ0n) is 15.2. The van der Waals surface area contributed by atoms with Crippen molar-refractivity contribution in [1.29, 1.82) is 0 Å². The molecule has 0 saturated heterocycles. The fraction of sp³-hybridized carbons (Fsp3) is 0.182. The number of aryl methyl sites for hydroxylation is 1. The number of benzene rings is 3. The molecule has 25 heavy (non-hydrogen) atoms. The van der Waals surface area contributed by atoms with Crippen molar-refractivity contribution in [3.8, 4) is 11.3 Å². The van der Waals surface area contributed by atoms with Gasteiger partial charge >= 0.3 is 151 Å². The maximum absolute atomic E-state index is 4.88. The van der Waals surface area contributed by atoms with E-state index < -0.39 is 13.3 Å². The van der Waals surface area contributed by atoms with Crippen LogP contribution in [-0.2, 0) is 0 Å². The summed E-state index contributed by atoms with van der Waals surface area (Å²) >= 11 is -2.03. The van der Waals surface area contributed by atoms with E-state index in [4.69, 9.17) is 9.97 Å². The maximum atomic E-state index is 4.88. The van der Waals surface area contributed by atoms with Crippen molar-refractivity contribution in [1.82, 2.24) is 9.97 Å². The van der Waals surface area contributed by atoms with Crippen molar-refractivity contribution in [3.63, 3.8) is 0 Å². The Morgan fingerprint density at radius 1 is 0.760 bits per heavy atom. The molecule has 4 rings (SSSR count). The van der Waals surface area contributed by atoms with E-state index in [0.717, 1.165) is 28.0 Å². The Hall–Kier alpha value is -2.20. The standard InChI is InChI=1S/C22H22GeN2/c1-15-24-21(17-9-6-5-7-10-17)18-14-13-16-11-8-12-19(23(2,3)4)20(16)22(18)25-15/h5-14H,1-4H3. The number of fused-ring (bicyclic) bond motifs is 3. The van der Waals surface area contributed by atoms with E-state index in [-0.39, 0.29) is 0 Å². The van der Waals surface area contributed by atoms with Gasteiger partial charge in [0.15, 0.2) is 0 Å². The first kappa shape index (κ1) is 16.3. The second kappa shape index (κ2) is 5.96. The van der Waals surface area contributed by atoms with Crippen LogP contribution in [0.1, 0.15) is 5.82 Å². The average Bonchev–Trinajstić information content (AvgIpc) is 2.60. The number of nitrogens with zero attached hydrogens (tertiary/aromatic N) is 2. The summed E-state index contributed by atoms with van der Waals surface area (Å²) in [6.07, 6.45) is 0. The molecule has 0 saturated carbocycles. The van der Waals surface area contributed by atoms with Gasteiger partial charge in [-0.15, -0.1) is 0 Å². The SMILES string of the molecule is Cc1nc(-c2ccccc2)c2ccc3ccc[c]([Ge]([CH3])([CH3])[CH3])c3c2n1. The summed E-state index contributed by atoms with van der Waals surface area (Å²) in [5.74, 6) is 8.16. The summed E-state index contributed by atoms with van der Waals surface area (Å²) in [4.78, 5) is 9.66. The molecule has 0 N–H and O–H groups in total. The second-order valence-electron chi connectivity index (χ2n) is 7.60. The molecule has 2 nitrogen and oxygen atoms in total. The van der Waals surface area contributed by atoms with Crippen molar-refractivity contribution in [3.05, 3.63) is 66.5 Å². The van der Waals surface area contributed by atoms with Gasteiger partial charge in [-0.1, -0.05) is 0 Å². The number of hydrogen-bond donors (Lipinski definition) is 0. The van der Waals surface area contributed by atoms with Crippen molar-refractivity contribution < 1.29 is 0 Å². The van der Waals surface area contributed by atoms with Crippen LogP contribution in [0.2, 0.25) is 17.3 Å². The fourth-order valence-electron chi connectivity index (χ4n) is 3.52. The topological polar surface area (TPSA) is 25.8 Å². The molecular weight excluding hydrogens is 365 g/mol. The number of rotatable bonds is 2. The molecule has 0 aliphatic carbocycles. The van der Waals surface area contributed by atoms with E-state index in [1.165, 1.54) is 15.2 Å². The normalized spacial score (nSPS) is 12.0. The van der Waals surface area contributed by atoms with Gasteiger partial charge in [-0.05, 0) is 0 Å².